The second kappa shape index (κ2) is 6.29. The average Bonchev–Trinajstić information content (AvgIpc) is 3.34. The summed E-state index contributed by atoms with van der Waals surface area (Å²) in [5, 5.41) is 1.21. The van der Waals surface area contributed by atoms with E-state index in [1.54, 1.807) is 7.11 Å². The average molecular weight is 351 g/mol. The highest BCUT2D eigenvalue weighted by Gasteiger charge is 2.24. The third-order valence-corrected chi connectivity index (χ3v) is 5.08. The van der Waals surface area contributed by atoms with E-state index in [0.29, 0.717) is 0 Å². The zero-order valence-corrected chi connectivity index (χ0v) is 15.0. The third kappa shape index (κ3) is 2.56. The van der Waals surface area contributed by atoms with Gasteiger partial charge in [0, 0.05) is 34.3 Å². The van der Waals surface area contributed by atoms with E-state index in [-0.39, 0.29) is 0 Å². The number of aromatic nitrogens is 1. The van der Waals surface area contributed by atoms with Gasteiger partial charge in [-0.3, -0.25) is 0 Å². The van der Waals surface area contributed by atoms with Crippen LogP contribution >= 0.6 is 0 Å². The topological polar surface area (TPSA) is 39.0 Å². The zero-order chi connectivity index (χ0) is 18.2. The standard InChI is InChI=1S/C24H18N2O/c1-27-17-8-6-7-16(13-17)24(20-14-25-22-11-4-2-9-18(20)22)21-15-26-23-12-5-3-10-19(21)23/h2-15,25H,1H3/p+1/b24-21+. The summed E-state index contributed by atoms with van der Waals surface area (Å²) in [7, 11) is 1.70. The van der Waals surface area contributed by atoms with Gasteiger partial charge in [0.05, 0.1) is 18.2 Å². The Balaban J connectivity index is 1.84. The number of allylic oxidation sites excluding steroid dienone is 1. The molecule has 1 aliphatic rings. The van der Waals surface area contributed by atoms with E-state index in [2.05, 4.69) is 83.1 Å². The fraction of sp³-hybridized carbons (Fsp3) is 0.0417. The van der Waals surface area contributed by atoms with Gasteiger partial charge in [0.25, 0.3) is 0 Å². The van der Waals surface area contributed by atoms with Crippen LogP contribution in [0.5, 0.6) is 5.75 Å². The van der Waals surface area contributed by atoms with Crippen LogP contribution in [0, 0.1) is 0 Å². The molecule has 0 unspecified atom stereocenters. The van der Waals surface area contributed by atoms with Gasteiger partial charge in [-0.1, -0.05) is 42.5 Å². The molecule has 5 rings (SSSR count). The summed E-state index contributed by atoms with van der Waals surface area (Å²) < 4.78 is 5.49. The maximum Gasteiger partial charge on any atom is 0.211 e. The molecular weight excluding hydrogens is 332 g/mol. The van der Waals surface area contributed by atoms with Crippen LogP contribution in [-0.2, 0) is 0 Å². The van der Waals surface area contributed by atoms with Gasteiger partial charge >= 0.3 is 0 Å². The summed E-state index contributed by atoms with van der Waals surface area (Å²) in [6.45, 7) is 0. The molecule has 4 aromatic rings. The lowest BCUT2D eigenvalue weighted by Gasteiger charge is -2.11. The van der Waals surface area contributed by atoms with Gasteiger partial charge in [0.1, 0.15) is 5.75 Å². The molecule has 0 atom stereocenters. The van der Waals surface area contributed by atoms with Crippen LogP contribution < -0.4 is 9.73 Å². The molecule has 3 nitrogen and oxygen atoms in total. The van der Waals surface area contributed by atoms with Crippen molar-refractivity contribution in [1.29, 1.82) is 0 Å². The summed E-state index contributed by atoms with van der Waals surface area (Å²) in [5.74, 6) is 0.852. The van der Waals surface area contributed by atoms with E-state index in [1.165, 1.54) is 27.7 Å². The van der Waals surface area contributed by atoms with Crippen LogP contribution in [0.1, 0.15) is 16.7 Å². The molecule has 0 saturated heterocycles. The number of H-pyrrole nitrogens is 1. The molecule has 0 bridgehead atoms. The molecule has 0 spiro atoms. The lowest BCUT2D eigenvalue weighted by Crippen LogP contribution is -2.58. The van der Waals surface area contributed by atoms with Gasteiger partial charge in [-0.2, -0.15) is 0 Å². The molecule has 0 saturated carbocycles. The smallest absolute Gasteiger partial charge is 0.211 e. The van der Waals surface area contributed by atoms with Gasteiger partial charge in [-0.25, -0.2) is 4.99 Å². The Kier molecular flexibility index (Phi) is 3.65. The second-order valence-corrected chi connectivity index (χ2v) is 6.60. The van der Waals surface area contributed by atoms with Crippen molar-refractivity contribution in [2.75, 3.05) is 7.11 Å². The number of hydrogen-bond acceptors (Lipinski definition) is 1. The molecule has 27 heavy (non-hydrogen) atoms. The van der Waals surface area contributed by atoms with Crippen LogP contribution in [-0.4, -0.2) is 18.3 Å². The molecule has 2 N–H and O–H groups in total. The maximum atomic E-state index is 5.49. The van der Waals surface area contributed by atoms with Crippen molar-refractivity contribution in [3.8, 4) is 5.75 Å². The molecular formula is C24H19N2O+. The third-order valence-electron chi connectivity index (χ3n) is 5.08. The minimum Gasteiger partial charge on any atom is -0.497 e. The highest BCUT2D eigenvalue weighted by atomic mass is 16.5. The molecule has 1 aliphatic heterocycles. The predicted octanol–water partition coefficient (Wildman–Crippen LogP) is 3.93. The summed E-state index contributed by atoms with van der Waals surface area (Å²) in [4.78, 5) is 6.83. The molecule has 0 amide bonds. The highest BCUT2D eigenvalue weighted by molar-refractivity contribution is 6.24. The van der Waals surface area contributed by atoms with Crippen LogP contribution in [0.2, 0.25) is 0 Å². The fourth-order valence-electron chi connectivity index (χ4n) is 3.79. The Labute approximate surface area is 157 Å². The van der Waals surface area contributed by atoms with E-state index >= 15 is 0 Å². The zero-order valence-electron chi connectivity index (χ0n) is 15.0. The number of para-hydroxylation sites is 2. The van der Waals surface area contributed by atoms with Gasteiger partial charge in [-0.05, 0) is 29.8 Å². The predicted molar refractivity (Wildman–Crippen MR) is 110 cm³/mol. The van der Waals surface area contributed by atoms with Crippen LogP contribution in [0.25, 0.3) is 22.0 Å². The van der Waals surface area contributed by atoms with Crippen molar-refractivity contribution < 1.29 is 9.73 Å². The Morgan fingerprint density at radius 3 is 2.70 bits per heavy atom. The minimum absolute atomic E-state index is 0.852. The molecule has 2 heterocycles. The SMILES string of the molecule is COc1cccc(/C(=C2/C=[NH+]c3ccccc32)c2c[nH]c3ccccc23)c1. The Morgan fingerprint density at radius 1 is 0.926 bits per heavy atom. The van der Waals surface area contributed by atoms with E-state index < -0.39 is 0 Å². The van der Waals surface area contributed by atoms with E-state index in [9.17, 15) is 0 Å². The van der Waals surface area contributed by atoms with Crippen LogP contribution in [0.4, 0.5) is 5.69 Å². The van der Waals surface area contributed by atoms with Crippen LogP contribution in [0.15, 0.2) is 79.0 Å². The van der Waals surface area contributed by atoms with Gasteiger partial charge < -0.3 is 9.72 Å². The number of fused-ring (bicyclic) bond motifs is 2. The number of benzene rings is 3. The first-order valence-corrected chi connectivity index (χ1v) is 8.99. The van der Waals surface area contributed by atoms with E-state index in [4.69, 9.17) is 4.74 Å². The van der Waals surface area contributed by atoms with Crippen molar-refractivity contribution in [3.05, 3.63) is 95.7 Å². The lowest BCUT2D eigenvalue weighted by atomic mass is 9.90. The second-order valence-electron chi connectivity index (χ2n) is 6.60. The van der Waals surface area contributed by atoms with Crippen molar-refractivity contribution in [1.82, 2.24) is 4.98 Å². The summed E-state index contributed by atoms with van der Waals surface area (Å²) in [5.41, 5.74) is 8.15. The lowest BCUT2D eigenvalue weighted by molar-refractivity contribution is -0.342. The quantitative estimate of drug-likeness (QED) is 0.577. The van der Waals surface area contributed by atoms with Crippen LogP contribution in [0.3, 0.4) is 0 Å². The molecule has 0 radical (unpaired) electrons. The molecule has 3 heteroatoms. The van der Waals surface area contributed by atoms with Crippen molar-refractivity contribution >= 4 is 34.0 Å². The highest BCUT2D eigenvalue weighted by Crippen LogP contribution is 2.38. The van der Waals surface area contributed by atoms with Gasteiger partial charge in [-0.15, -0.1) is 0 Å². The normalized spacial score (nSPS) is 14.4. The van der Waals surface area contributed by atoms with Crippen molar-refractivity contribution in [3.63, 3.8) is 0 Å². The first-order valence-electron chi connectivity index (χ1n) is 8.99. The number of hydrogen-bond donors (Lipinski definition) is 2. The van der Waals surface area contributed by atoms with Crippen molar-refractivity contribution in [2.24, 2.45) is 0 Å². The molecule has 130 valence electrons. The molecule has 3 aromatic carbocycles. The minimum atomic E-state index is 0.852. The largest absolute Gasteiger partial charge is 0.497 e. The Hall–Kier alpha value is -3.59. The first kappa shape index (κ1) is 15.6. The number of rotatable bonds is 3. The van der Waals surface area contributed by atoms with Gasteiger partial charge in [0.2, 0.25) is 5.69 Å². The van der Waals surface area contributed by atoms with E-state index in [1.807, 2.05) is 12.1 Å². The first-order chi connectivity index (χ1) is 13.3. The summed E-state index contributed by atoms with van der Waals surface area (Å²) in [6.07, 6.45) is 4.20. The monoisotopic (exact) mass is 351 g/mol. The number of ether oxygens (including phenoxy) is 1. The van der Waals surface area contributed by atoms with Crippen molar-refractivity contribution in [2.45, 2.75) is 0 Å². The molecule has 0 fully saturated rings. The Morgan fingerprint density at radius 2 is 1.78 bits per heavy atom. The fourth-order valence-corrected chi connectivity index (χ4v) is 3.79. The number of methoxy groups -OCH3 is 1. The van der Waals surface area contributed by atoms with E-state index in [0.717, 1.165) is 22.5 Å². The number of nitrogens with one attached hydrogen (secondary N) is 2. The maximum absolute atomic E-state index is 5.49. The van der Waals surface area contributed by atoms with Gasteiger partial charge in [0.15, 0.2) is 6.21 Å². The molecule has 1 aromatic heterocycles. The molecule has 0 aliphatic carbocycles. The summed E-state index contributed by atoms with van der Waals surface area (Å²) >= 11 is 0. The number of aromatic amines is 1. The Bertz CT molecular complexity index is 1210. The summed E-state index contributed by atoms with van der Waals surface area (Å²) in [6, 6.07) is 25.1.